The van der Waals surface area contributed by atoms with Gasteiger partial charge in [0, 0.05) is 18.8 Å². The Morgan fingerprint density at radius 2 is 1.70 bits per heavy atom. The van der Waals surface area contributed by atoms with Crippen molar-refractivity contribution in [1.29, 1.82) is 0 Å². The molecule has 0 saturated heterocycles. The van der Waals surface area contributed by atoms with Crippen molar-refractivity contribution in [3.63, 3.8) is 0 Å². The van der Waals surface area contributed by atoms with Crippen LogP contribution in [0.25, 0.3) is 0 Å². The molecule has 2 rings (SSSR count). The summed E-state index contributed by atoms with van der Waals surface area (Å²) in [7, 11) is 0. The van der Waals surface area contributed by atoms with Gasteiger partial charge >= 0.3 is 0 Å². The van der Waals surface area contributed by atoms with Gasteiger partial charge in [-0.05, 0) is 24.3 Å². The van der Waals surface area contributed by atoms with Gasteiger partial charge in [-0.25, -0.2) is 4.39 Å². The molecule has 126 valence electrons. The quantitative estimate of drug-likeness (QED) is 0.774. The molecule has 0 aromatic heterocycles. The van der Waals surface area contributed by atoms with Gasteiger partial charge in [-0.15, -0.1) is 12.4 Å². The molecule has 0 bridgehead atoms. The van der Waals surface area contributed by atoms with E-state index in [-0.39, 0.29) is 31.4 Å². The first-order valence-electron chi connectivity index (χ1n) is 7.17. The van der Waals surface area contributed by atoms with E-state index in [1.165, 1.54) is 12.1 Å². The molecule has 0 heterocycles. The van der Waals surface area contributed by atoms with Gasteiger partial charge in [0.2, 0.25) is 0 Å². The third-order valence-corrected chi connectivity index (χ3v) is 3.19. The van der Waals surface area contributed by atoms with E-state index >= 15 is 0 Å². The van der Waals surface area contributed by atoms with Crippen molar-refractivity contribution in [2.45, 2.75) is 6.10 Å². The summed E-state index contributed by atoms with van der Waals surface area (Å²) in [6.45, 7) is 0.658. The molecule has 0 amide bonds. The van der Waals surface area contributed by atoms with Crippen LogP contribution < -0.4 is 9.64 Å². The summed E-state index contributed by atoms with van der Waals surface area (Å²) in [5.41, 5.74) is 0.904. The number of anilines is 1. The highest BCUT2D eigenvalue weighted by Gasteiger charge is 2.13. The largest absolute Gasteiger partial charge is 0.488 e. The molecule has 2 aromatic rings. The van der Waals surface area contributed by atoms with Gasteiger partial charge in [0.05, 0.1) is 6.61 Å². The van der Waals surface area contributed by atoms with E-state index < -0.39 is 11.9 Å². The smallest absolute Gasteiger partial charge is 0.165 e. The molecule has 2 aromatic carbocycles. The Kier molecular flexibility index (Phi) is 8.40. The van der Waals surface area contributed by atoms with Crippen molar-refractivity contribution in [1.82, 2.24) is 0 Å². The van der Waals surface area contributed by atoms with Crippen LogP contribution in [-0.4, -0.2) is 42.6 Å². The van der Waals surface area contributed by atoms with Gasteiger partial charge in [0.25, 0.3) is 0 Å². The SMILES string of the molecule is Cl.OCCN(CC(O)COc1ccccc1F)c1ccccc1. The number of ether oxygens (including phenoxy) is 1. The minimum atomic E-state index is -0.800. The first-order chi connectivity index (χ1) is 10.7. The lowest BCUT2D eigenvalue weighted by Gasteiger charge is -2.26. The highest BCUT2D eigenvalue weighted by Crippen LogP contribution is 2.16. The molecule has 2 N–H and O–H groups in total. The number of aliphatic hydroxyl groups excluding tert-OH is 2. The molecular formula is C17H21ClFNO3. The fraction of sp³-hybridized carbons (Fsp3) is 0.294. The zero-order valence-electron chi connectivity index (χ0n) is 12.6. The maximum Gasteiger partial charge on any atom is 0.165 e. The van der Waals surface area contributed by atoms with Crippen LogP contribution in [0.3, 0.4) is 0 Å². The topological polar surface area (TPSA) is 52.9 Å². The lowest BCUT2D eigenvalue weighted by atomic mass is 10.2. The number of para-hydroxylation sites is 2. The van der Waals surface area contributed by atoms with Gasteiger partial charge in [-0.1, -0.05) is 30.3 Å². The third-order valence-electron chi connectivity index (χ3n) is 3.19. The fourth-order valence-electron chi connectivity index (χ4n) is 2.14. The van der Waals surface area contributed by atoms with Gasteiger partial charge in [-0.3, -0.25) is 0 Å². The summed E-state index contributed by atoms with van der Waals surface area (Å²) in [4.78, 5) is 1.86. The van der Waals surface area contributed by atoms with E-state index in [9.17, 15) is 9.50 Å². The molecule has 0 saturated carbocycles. The second-order valence-corrected chi connectivity index (χ2v) is 4.90. The summed E-state index contributed by atoms with van der Waals surface area (Å²) in [5, 5.41) is 19.2. The summed E-state index contributed by atoms with van der Waals surface area (Å²) >= 11 is 0. The Morgan fingerprint density at radius 3 is 2.35 bits per heavy atom. The van der Waals surface area contributed by atoms with Crippen LogP contribution in [0, 0.1) is 5.82 Å². The molecule has 0 spiro atoms. The monoisotopic (exact) mass is 341 g/mol. The van der Waals surface area contributed by atoms with Crippen LogP contribution in [0.15, 0.2) is 54.6 Å². The maximum atomic E-state index is 13.4. The van der Waals surface area contributed by atoms with E-state index in [4.69, 9.17) is 9.84 Å². The van der Waals surface area contributed by atoms with Crippen LogP contribution in [0.2, 0.25) is 0 Å². The number of benzene rings is 2. The standard InChI is InChI=1S/C17H20FNO3.ClH/c18-16-8-4-5-9-17(16)22-13-15(21)12-19(10-11-20)14-6-2-1-3-7-14;/h1-9,15,20-21H,10-13H2;1H. The lowest BCUT2D eigenvalue weighted by Crippen LogP contribution is -2.37. The normalized spacial score (nSPS) is 11.4. The summed E-state index contributed by atoms with van der Waals surface area (Å²) < 4.78 is 18.7. The van der Waals surface area contributed by atoms with Crippen molar-refractivity contribution in [3.05, 3.63) is 60.4 Å². The first-order valence-corrected chi connectivity index (χ1v) is 7.17. The Bertz CT molecular complexity index is 571. The molecule has 0 fully saturated rings. The van der Waals surface area contributed by atoms with Crippen LogP contribution in [0.1, 0.15) is 0 Å². The van der Waals surface area contributed by atoms with Crippen LogP contribution in [0.4, 0.5) is 10.1 Å². The van der Waals surface area contributed by atoms with Crippen molar-refractivity contribution in [2.24, 2.45) is 0 Å². The van der Waals surface area contributed by atoms with Crippen molar-refractivity contribution in [2.75, 3.05) is 31.2 Å². The number of aliphatic hydroxyl groups is 2. The van der Waals surface area contributed by atoms with Crippen LogP contribution in [-0.2, 0) is 0 Å². The minimum Gasteiger partial charge on any atom is -0.488 e. The van der Waals surface area contributed by atoms with Crippen molar-refractivity contribution >= 4 is 18.1 Å². The number of hydrogen-bond donors (Lipinski definition) is 2. The van der Waals surface area contributed by atoms with Crippen molar-refractivity contribution in [3.8, 4) is 5.75 Å². The second-order valence-electron chi connectivity index (χ2n) is 4.90. The summed E-state index contributed by atoms with van der Waals surface area (Å²) in [5.74, 6) is -0.333. The van der Waals surface area contributed by atoms with E-state index in [1.54, 1.807) is 12.1 Å². The Labute approximate surface area is 141 Å². The van der Waals surface area contributed by atoms with E-state index in [1.807, 2.05) is 35.2 Å². The summed E-state index contributed by atoms with van der Waals surface area (Å²) in [6.07, 6.45) is -0.800. The maximum absolute atomic E-state index is 13.4. The molecular weight excluding hydrogens is 321 g/mol. The number of rotatable bonds is 8. The summed E-state index contributed by atoms with van der Waals surface area (Å²) in [6, 6.07) is 15.6. The first kappa shape index (κ1) is 19.2. The highest BCUT2D eigenvalue weighted by atomic mass is 35.5. The number of nitrogens with zero attached hydrogens (tertiary/aromatic N) is 1. The Morgan fingerprint density at radius 1 is 1.04 bits per heavy atom. The van der Waals surface area contributed by atoms with E-state index in [2.05, 4.69) is 0 Å². The molecule has 4 nitrogen and oxygen atoms in total. The zero-order valence-corrected chi connectivity index (χ0v) is 13.5. The fourth-order valence-corrected chi connectivity index (χ4v) is 2.14. The molecule has 0 radical (unpaired) electrons. The average Bonchev–Trinajstić information content (AvgIpc) is 2.54. The molecule has 23 heavy (non-hydrogen) atoms. The number of halogens is 2. The lowest BCUT2D eigenvalue weighted by molar-refractivity contribution is 0.109. The zero-order chi connectivity index (χ0) is 15.8. The van der Waals surface area contributed by atoms with Gasteiger partial charge in [0.15, 0.2) is 11.6 Å². The van der Waals surface area contributed by atoms with Crippen LogP contribution in [0.5, 0.6) is 5.75 Å². The average molecular weight is 342 g/mol. The van der Waals surface area contributed by atoms with E-state index in [0.717, 1.165) is 5.69 Å². The molecule has 0 aliphatic rings. The van der Waals surface area contributed by atoms with Gasteiger partial charge in [-0.2, -0.15) is 0 Å². The van der Waals surface area contributed by atoms with Crippen LogP contribution >= 0.6 is 12.4 Å². The molecule has 1 atom stereocenters. The molecule has 1 unspecified atom stereocenters. The molecule has 6 heteroatoms. The van der Waals surface area contributed by atoms with Crippen molar-refractivity contribution < 1.29 is 19.3 Å². The predicted octanol–water partition coefficient (Wildman–Crippen LogP) is 2.49. The van der Waals surface area contributed by atoms with E-state index in [0.29, 0.717) is 13.1 Å². The molecule has 0 aliphatic heterocycles. The van der Waals surface area contributed by atoms with Gasteiger partial charge in [0.1, 0.15) is 12.7 Å². The molecule has 0 aliphatic carbocycles. The van der Waals surface area contributed by atoms with Gasteiger partial charge < -0.3 is 19.8 Å². The second kappa shape index (κ2) is 10.0. The Hall–Kier alpha value is -1.82. The minimum absolute atomic E-state index is 0. The highest BCUT2D eigenvalue weighted by molar-refractivity contribution is 5.85. The predicted molar refractivity (Wildman–Crippen MR) is 90.9 cm³/mol. The number of hydrogen-bond acceptors (Lipinski definition) is 4. The third kappa shape index (κ3) is 6.06. The Balaban J connectivity index is 0.00000264.